The molecule has 0 aromatic carbocycles. The van der Waals surface area contributed by atoms with E-state index in [0.29, 0.717) is 5.76 Å². The Labute approximate surface area is 74.8 Å². The van der Waals surface area contributed by atoms with Gasteiger partial charge in [-0.1, -0.05) is 19.4 Å². The molecular weight excluding hydrogens is 148 g/mol. The van der Waals surface area contributed by atoms with E-state index >= 15 is 0 Å². The Kier molecular flexibility index (Phi) is 3.39. The fourth-order valence-corrected chi connectivity index (χ4v) is 1.62. The summed E-state index contributed by atoms with van der Waals surface area (Å²) in [6.07, 6.45) is 7.51. The third-order valence-electron chi connectivity index (χ3n) is 2.44. The molecule has 1 rings (SSSR count). The second-order valence-corrected chi connectivity index (χ2v) is 3.45. The van der Waals surface area contributed by atoms with Crippen LogP contribution in [-0.4, -0.2) is 5.11 Å². The number of hydrogen-bond acceptors (Lipinski definition) is 1. The molecule has 0 saturated heterocycles. The monoisotopic (exact) mass is 166 g/mol. The number of unbranched alkanes of at least 4 members (excludes halogenated alkanes) is 1. The van der Waals surface area contributed by atoms with E-state index in [-0.39, 0.29) is 0 Å². The lowest BCUT2D eigenvalue weighted by Gasteiger charge is -2.15. The number of aliphatic hydroxyl groups excluding tert-OH is 1. The normalized spacial score (nSPS) is 18.0. The van der Waals surface area contributed by atoms with Gasteiger partial charge in [0.2, 0.25) is 0 Å². The standard InChI is InChI=1S/C11H18O/c1-3-4-7-10-9(2)6-5-8-11(10)12/h6,12H,3-5,7-8H2,1-2H3. The van der Waals surface area contributed by atoms with Gasteiger partial charge in [-0.2, -0.15) is 0 Å². The summed E-state index contributed by atoms with van der Waals surface area (Å²) in [7, 11) is 0. The Bertz CT molecular complexity index is 211. The topological polar surface area (TPSA) is 20.2 Å². The molecule has 0 aromatic rings. The average molecular weight is 166 g/mol. The summed E-state index contributed by atoms with van der Waals surface area (Å²) < 4.78 is 0. The van der Waals surface area contributed by atoms with Crippen LogP contribution in [0.4, 0.5) is 0 Å². The van der Waals surface area contributed by atoms with Crippen LogP contribution < -0.4 is 0 Å². The lowest BCUT2D eigenvalue weighted by atomic mass is 9.93. The maximum absolute atomic E-state index is 9.60. The van der Waals surface area contributed by atoms with Gasteiger partial charge in [0.15, 0.2) is 0 Å². The van der Waals surface area contributed by atoms with Crippen molar-refractivity contribution in [2.45, 2.75) is 46.0 Å². The molecule has 0 amide bonds. The van der Waals surface area contributed by atoms with Gasteiger partial charge in [0, 0.05) is 6.42 Å². The summed E-state index contributed by atoms with van der Waals surface area (Å²) in [5.41, 5.74) is 2.48. The molecule has 1 nitrogen and oxygen atoms in total. The van der Waals surface area contributed by atoms with Crippen LogP contribution in [0.25, 0.3) is 0 Å². The van der Waals surface area contributed by atoms with Crippen LogP contribution in [0.5, 0.6) is 0 Å². The van der Waals surface area contributed by atoms with Crippen LogP contribution in [0.2, 0.25) is 0 Å². The number of rotatable bonds is 3. The summed E-state index contributed by atoms with van der Waals surface area (Å²) in [5.74, 6) is 0.628. The van der Waals surface area contributed by atoms with Crippen LogP contribution in [0.15, 0.2) is 23.0 Å². The Balaban J connectivity index is 2.63. The molecule has 12 heavy (non-hydrogen) atoms. The minimum atomic E-state index is 0.628. The summed E-state index contributed by atoms with van der Waals surface area (Å²) >= 11 is 0. The summed E-state index contributed by atoms with van der Waals surface area (Å²) in [6, 6.07) is 0. The maximum Gasteiger partial charge on any atom is 0.0960 e. The smallest absolute Gasteiger partial charge is 0.0960 e. The van der Waals surface area contributed by atoms with Crippen molar-refractivity contribution in [3.63, 3.8) is 0 Å². The van der Waals surface area contributed by atoms with Gasteiger partial charge >= 0.3 is 0 Å². The highest BCUT2D eigenvalue weighted by molar-refractivity contribution is 5.34. The van der Waals surface area contributed by atoms with Crippen molar-refractivity contribution in [3.05, 3.63) is 23.0 Å². The first kappa shape index (κ1) is 9.37. The van der Waals surface area contributed by atoms with Gasteiger partial charge in [-0.05, 0) is 37.3 Å². The number of aliphatic hydroxyl groups is 1. The third-order valence-corrected chi connectivity index (χ3v) is 2.44. The Hall–Kier alpha value is -0.720. The molecule has 0 fully saturated rings. The zero-order valence-electron chi connectivity index (χ0n) is 8.06. The largest absolute Gasteiger partial charge is 0.512 e. The van der Waals surface area contributed by atoms with Crippen molar-refractivity contribution < 1.29 is 5.11 Å². The zero-order valence-corrected chi connectivity index (χ0v) is 8.06. The summed E-state index contributed by atoms with van der Waals surface area (Å²) in [4.78, 5) is 0. The first-order valence-electron chi connectivity index (χ1n) is 4.83. The van der Waals surface area contributed by atoms with Crippen LogP contribution in [0.3, 0.4) is 0 Å². The Morgan fingerprint density at radius 3 is 2.83 bits per heavy atom. The highest BCUT2D eigenvalue weighted by Gasteiger charge is 2.10. The van der Waals surface area contributed by atoms with Crippen molar-refractivity contribution in [1.29, 1.82) is 0 Å². The van der Waals surface area contributed by atoms with E-state index in [1.165, 1.54) is 24.0 Å². The lowest BCUT2D eigenvalue weighted by Crippen LogP contribution is -1.99. The van der Waals surface area contributed by atoms with Gasteiger partial charge in [-0.15, -0.1) is 0 Å². The first-order valence-corrected chi connectivity index (χ1v) is 4.83. The minimum Gasteiger partial charge on any atom is -0.512 e. The van der Waals surface area contributed by atoms with Gasteiger partial charge in [-0.3, -0.25) is 0 Å². The predicted octanol–water partition coefficient (Wildman–Crippen LogP) is 3.73. The number of hydrogen-bond donors (Lipinski definition) is 1. The molecule has 0 atom stereocenters. The SMILES string of the molecule is CCCCC1=C(O)CCC=C1C. The molecule has 68 valence electrons. The number of allylic oxidation sites excluding steroid dienone is 4. The highest BCUT2D eigenvalue weighted by Crippen LogP contribution is 2.26. The molecule has 1 aliphatic rings. The van der Waals surface area contributed by atoms with Gasteiger partial charge in [0.1, 0.15) is 0 Å². The quantitative estimate of drug-likeness (QED) is 0.677. The van der Waals surface area contributed by atoms with E-state index in [9.17, 15) is 5.11 Å². The molecule has 0 radical (unpaired) electrons. The third kappa shape index (κ3) is 2.13. The average Bonchev–Trinajstić information content (AvgIpc) is 2.04. The van der Waals surface area contributed by atoms with Gasteiger partial charge in [0.25, 0.3) is 0 Å². The summed E-state index contributed by atoms with van der Waals surface area (Å²) in [6.45, 7) is 4.28. The molecule has 1 aliphatic carbocycles. The lowest BCUT2D eigenvalue weighted by molar-refractivity contribution is 0.377. The van der Waals surface area contributed by atoms with Crippen LogP contribution >= 0.6 is 0 Å². The van der Waals surface area contributed by atoms with E-state index < -0.39 is 0 Å². The van der Waals surface area contributed by atoms with E-state index in [4.69, 9.17) is 0 Å². The van der Waals surface area contributed by atoms with Gasteiger partial charge < -0.3 is 5.11 Å². The molecule has 1 N–H and O–H groups in total. The fraction of sp³-hybridized carbons (Fsp3) is 0.636. The van der Waals surface area contributed by atoms with Crippen molar-refractivity contribution in [3.8, 4) is 0 Å². The highest BCUT2D eigenvalue weighted by atomic mass is 16.3. The van der Waals surface area contributed by atoms with Crippen LogP contribution in [-0.2, 0) is 0 Å². The predicted molar refractivity (Wildman–Crippen MR) is 52.2 cm³/mol. The minimum absolute atomic E-state index is 0.628. The van der Waals surface area contributed by atoms with Crippen molar-refractivity contribution >= 4 is 0 Å². The Morgan fingerprint density at radius 2 is 2.25 bits per heavy atom. The molecule has 0 heterocycles. The Morgan fingerprint density at radius 1 is 1.50 bits per heavy atom. The molecular formula is C11H18O. The van der Waals surface area contributed by atoms with E-state index in [1.807, 2.05) is 0 Å². The molecule has 0 aromatic heterocycles. The van der Waals surface area contributed by atoms with Crippen LogP contribution in [0.1, 0.15) is 46.0 Å². The molecule has 1 heteroatoms. The maximum atomic E-state index is 9.60. The van der Waals surface area contributed by atoms with E-state index in [0.717, 1.165) is 19.3 Å². The summed E-state index contributed by atoms with van der Waals surface area (Å²) in [5, 5.41) is 9.60. The molecule has 0 spiro atoms. The molecule has 0 saturated carbocycles. The van der Waals surface area contributed by atoms with E-state index in [2.05, 4.69) is 19.9 Å². The van der Waals surface area contributed by atoms with Crippen molar-refractivity contribution in [2.24, 2.45) is 0 Å². The second kappa shape index (κ2) is 4.34. The molecule has 0 unspecified atom stereocenters. The zero-order chi connectivity index (χ0) is 8.97. The second-order valence-electron chi connectivity index (χ2n) is 3.45. The van der Waals surface area contributed by atoms with Crippen molar-refractivity contribution in [2.75, 3.05) is 0 Å². The van der Waals surface area contributed by atoms with Crippen molar-refractivity contribution in [1.82, 2.24) is 0 Å². The molecule has 0 aliphatic heterocycles. The molecule has 0 bridgehead atoms. The van der Waals surface area contributed by atoms with Gasteiger partial charge in [0.05, 0.1) is 5.76 Å². The van der Waals surface area contributed by atoms with Gasteiger partial charge in [-0.25, -0.2) is 0 Å². The fourth-order valence-electron chi connectivity index (χ4n) is 1.62. The van der Waals surface area contributed by atoms with Crippen LogP contribution in [0, 0.1) is 0 Å². The van der Waals surface area contributed by atoms with E-state index in [1.54, 1.807) is 0 Å². The first-order chi connectivity index (χ1) is 5.75.